The fourth-order valence-electron chi connectivity index (χ4n) is 1.69. The van der Waals surface area contributed by atoms with Crippen molar-refractivity contribution in [3.63, 3.8) is 0 Å². The highest BCUT2D eigenvalue weighted by molar-refractivity contribution is 5.92. The van der Waals surface area contributed by atoms with Crippen molar-refractivity contribution >= 4 is 29.6 Å². The van der Waals surface area contributed by atoms with Crippen LogP contribution in [0.2, 0.25) is 0 Å². The van der Waals surface area contributed by atoms with E-state index in [1.54, 1.807) is 0 Å². The molecule has 0 aliphatic heterocycles. The third-order valence-electron chi connectivity index (χ3n) is 3.01. The summed E-state index contributed by atoms with van der Waals surface area (Å²) in [6, 6.07) is -2.88. The number of aliphatic carboxylic acids is 1. The van der Waals surface area contributed by atoms with E-state index < -0.39 is 54.3 Å². The second kappa shape index (κ2) is 10.9. The monoisotopic (exact) mass is 361 g/mol. The molecule has 25 heavy (non-hydrogen) atoms. The Morgan fingerprint density at radius 3 is 2.12 bits per heavy atom. The minimum absolute atomic E-state index is 0.191. The first-order chi connectivity index (χ1) is 11.6. The lowest BCUT2D eigenvalue weighted by molar-refractivity contribution is -0.145. The van der Waals surface area contributed by atoms with Crippen LogP contribution < -0.4 is 27.4 Å². The normalized spacial score (nSPS) is 13.9. The molecule has 0 aromatic rings. The average molecular weight is 361 g/mol. The summed E-state index contributed by atoms with van der Waals surface area (Å²) < 4.78 is 0. The molecule has 0 aromatic carbocycles. The SMILES string of the molecule is CC(O)C(NC(=O)C(CCC(N)=O)NC(=O)CNC(=O)CN)C(=O)O. The van der Waals surface area contributed by atoms with Crippen molar-refractivity contribution in [2.45, 2.75) is 38.0 Å². The zero-order chi connectivity index (χ0) is 19.6. The number of carbonyl (C=O) groups excluding carboxylic acids is 4. The van der Waals surface area contributed by atoms with Crippen LogP contribution in [0.4, 0.5) is 0 Å². The van der Waals surface area contributed by atoms with Gasteiger partial charge >= 0.3 is 5.97 Å². The molecule has 0 fully saturated rings. The molecule has 0 aliphatic carbocycles. The highest BCUT2D eigenvalue weighted by Gasteiger charge is 2.29. The number of hydrogen-bond donors (Lipinski definition) is 7. The number of primary amides is 1. The van der Waals surface area contributed by atoms with Crippen LogP contribution >= 0.6 is 0 Å². The number of hydrogen-bond acceptors (Lipinski definition) is 7. The molecule has 0 aliphatic rings. The maximum absolute atomic E-state index is 12.1. The lowest BCUT2D eigenvalue weighted by Crippen LogP contribution is -2.55. The Kier molecular flexibility index (Phi) is 9.74. The molecule has 3 atom stereocenters. The van der Waals surface area contributed by atoms with Crippen molar-refractivity contribution in [1.29, 1.82) is 0 Å². The number of nitrogens with one attached hydrogen (secondary N) is 3. The summed E-state index contributed by atoms with van der Waals surface area (Å²) in [5.41, 5.74) is 10.1. The molecule has 0 heterocycles. The van der Waals surface area contributed by atoms with Gasteiger partial charge in [0.25, 0.3) is 0 Å². The van der Waals surface area contributed by atoms with Gasteiger partial charge in [0.1, 0.15) is 6.04 Å². The first kappa shape index (κ1) is 22.3. The fraction of sp³-hybridized carbons (Fsp3) is 0.615. The molecular formula is C13H23N5O7. The van der Waals surface area contributed by atoms with Gasteiger partial charge in [0.05, 0.1) is 19.2 Å². The van der Waals surface area contributed by atoms with E-state index in [2.05, 4.69) is 16.0 Å². The summed E-state index contributed by atoms with van der Waals surface area (Å²) in [6.07, 6.45) is -1.83. The summed E-state index contributed by atoms with van der Waals surface area (Å²) in [5, 5.41) is 24.8. The lowest BCUT2D eigenvalue weighted by Gasteiger charge is -2.22. The van der Waals surface area contributed by atoms with E-state index in [4.69, 9.17) is 16.6 Å². The predicted octanol–water partition coefficient (Wildman–Crippen LogP) is -4.24. The van der Waals surface area contributed by atoms with E-state index in [1.165, 1.54) is 6.92 Å². The van der Waals surface area contributed by atoms with Gasteiger partial charge in [-0.2, -0.15) is 0 Å². The van der Waals surface area contributed by atoms with Crippen molar-refractivity contribution in [2.24, 2.45) is 11.5 Å². The van der Waals surface area contributed by atoms with E-state index in [-0.39, 0.29) is 19.4 Å². The molecule has 3 unspecified atom stereocenters. The molecule has 0 spiro atoms. The quantitative estimate of drug-likeness (QED) is 0.191. The first-order valence-corrected chi connectivity index (χ1v) is 7.34. The summed E-state index contributed by atoms with van der Waals surface area (Å²) >= 11 is 0. The van der Waals surface area contributed by atoms with E-state index in [9.17, 15) is 29.1 Å². The van der Waals surface area contributed by atoms with E-state index in [1.807, 2.05) is 0 Å². The summed E-state index contributed by atoms with van der Waals surface area (Å²) in [4.78, 5) is 56.8. The molecule has 0 radical (unpaired) electrons. The maximum Gasteiger partial charge on any atom is 0.328 e. The Hall–Kier alpha value is -2.73. The Morgan fingerprint density at radius 2 is 1.68 bits per heavy atom. The molecule has 0 saturated carbocycles. The van der Waals surface area contributed by atoms with Gasteiger partial charge < -0.3 is 37.6 Å². The number of carboxylic acids is 1. The molecule has 12 nitrogen and oxygen atoms in total. The van der Waals surface area contributed by atoms with Crippen LogP contribution in [0.5, 0.6) is 0 Å². The highest BCUT2D eigenvalue weighted by Crippen LogP contribution is 2.01. The van der Waals surface area contributed by atoms with Crippen LogP contribution in [-0.2, 0) is 24.0 Å². The summed E-state index contributed by atoms with van der Waals surface area (Å²) in [7, 11) is 0. The van der Waals surface area contributed by atoms with Crippen molar-refractivity contribution in [3.8, 4) is 0 Å². The third kappa shape index (κ3) is 9.22. The van der Waals surface area contributed by atoms with Gasteiger partial charge in [0, 0.05) is 6.42 Å². The number of aliphatic hydroxyl groups is 1. The predicted molar refractivity (Wildman–Crippen MR) is 83.7 cm³/mol. The zero-order valence-electron chi connectivity index (χ0n) is 13.7. The third-order valence-corrected chi connectivity index (χ3v) is 3.01. The van der Waals surface area contributed by atoms with Gasteiger partial charge in [-0.1, -0.05) is 0 Å². The fourth-order valence-corrected chi connectivity index (χ4v) is 1.69. The van der Waals surface area contributed by atoms with E-state index >= 15 is 0 Å². The largest absolute Gasteiger partial charge is 0.480 e. The number of carbonyl (C=O) groups is 5. The second-order valence-electron chi connectivity index (χ2n) is 5.17. The molecule has 0 rings (SSSR count). The Morgan fingerprint density at radius 1 is 1.08 bits per heavy atom. The smallest absolute Gasteiger partial charge is 0.328 e. The number of carboxylic acid groups (broad SMARTS) is 1. The highest BCUT2D eigenvalue weighted by atomic mass is 16.4. The van der Waals surface area contributed by atoms with Gasteiger partial charge in [-0.15, -0.1) is 0 Å². The Balaban J connectivity index is 4.92. The molecule has 0 bridgehead atoms. The van der Waals surface area contributed by atoms with Gasteiger partial charge in [-0.3, -0.25) is 19.2 Å². The van der Waals surface area contributed by atoms with Gasteiger partial charge in [0.15, 0.2) is 6.04 Å². The van der Waals surface area contributed by atoms with E-state index in [0.717, 1.165) is 0 Å². The minimum atomic E-state index is -1.60. The summed E-state index contributed by atoms with van der Waals surface area (Å²) in [5.74, 6) is -4.47. The molecule has 0 aromatic heterocycles. The van der Waals surface area contributed by atoms with Crippen LogP contribution in [0.25, 0.3) is 0 Å². The lowest BCUT2D eigenvalue weighted by atomic mass is 10.1. The van der Waals surface area contributed by atoms with Crippen LogP contribution in [0.1, 0.15) is 19.8 Å². The van der Waals surface area contributed by atoms with Crippen LogP contribution in [0, 0.1) is 0 Å². The Bertz CT molecular complexity index is 523. The Labute approximate surface area is 143 Å². The van der Waals surface area contributed by atoms with Gasteiger partial charge in [-0.05, 0) is 13.3 Å². The number of rotatable bonds is 11. The zero-order valence-corrected chi connectivity index (χ0v) is 13.7. The van der Waals surface area contributed by atoms with Crippen molar-refractivity contribution in [2.75, 3.05) is 13.1 Å². The van der Waals surface area contributed by atoms with Crippen LogP contribution in [0.15, 0.2) is 0 Å². The van der Waals surface area contributed by atoms with Crippen LogP contribution in [-0.4, -0.2) is 71.1 Å². The van der Waals surface area contributed by atoms with Crippen molar-refractivity contribution < 1.29 is 34.2 Å². The van der Waals surface area contributed by atoms with Gasteiger partial charge in [-0.25, -0.2) is 4.79 Å². The average Bonchev–Trinajstić information content (AvgIpc) is 2.52. The molecule has 12 heteroatoms. The first-order valence-electron chi connectivity index (χ1n) is 7.34. The number of aliphatic hydroxyl groups excluding tert-OH is 1. The molecule has 9 N–H and O–H groups in total. The number of nitrogens with two attached hydrogens (primary N) is 2. The standard InChI is InChI=1S/C13H23N5O7/c1-6(19)11(13(24)25)18-12(23)7(2-3-8(15)20)17-10(22)5-16-9(21)4-14/h6-7,11,19H,2-5,14H2,1H3,(H2,15,20)(H,16,21)(H,17,22)(H,18,23)(H,24,25). The van der Waals surface area contributed by atoms with Crippen molar-refractivity contribution in [1.82, 2.24) is 16.0 Å². The minimum Gasteiger partial charge on any atom is -0.480 e. The molecule has 142 valence electrons. The van der Waals surface area contributed by atoms with Crippen LogP contribution in [0.3, 0.4) is 0 Å². The number of amides is 4. The van der Waals surface area contributed by atoms with Gasteiger partial charge in [0.2, 0.25) is 23.6 Å². The second-order valence-corrected chi connectivity index (χ2v) is 5.17. The van der Waals surface area contributed by atoms with E-state index in [0.29, 0.717) is 0 Å². The maximum atomic E-state index is 12.1. The van der Waals surface area contributed by atoms with Crippen molar-refractivity contribution in [3.05, 3.63) is 0 Å². The topological polar surface area (TPSA) is 214 Å². The summed E-state index contributed by atoms with van der Waals surface area (Å²) in [6.45, 7) is 0.376. The molecule has 4 amide bonds. The molecule has 0 saturated heterocycles. The molecular weight excluding hydrogens is 338 g/mol.